The Kier molecular flexibility index (Phi) is 5.36. The van der Waals surface area contributed by atoms with E-state index in [0.717, 1.165) is 17.9 Å². The van der Waals surface area contributed by atoms with Crippen molar-refractivity contribution in [2.75, 3.05) is 20.7 Å². The van der Waals surface area contributed by atoms with Crippen molar-refractivity contribution in [3.05, 3.63) is 29.8 Å². The van der Waals surface area contributed by atoms with Crippen LogP contribution in [-0.2, 0) is 11.3 Å². The molecular formula is C15H24N2O2. The molecule has 1 rings (SSSR count). The first-order valence-corrected chi connectivity index (χ1v) is 6.55. The zero-order valence-corrected chi connectivity index (χ0v) is 12.5. The minimum absolute atomic E-state index is 0.0697. The fraction of sp³-hybridized carbons (Fsp3) is 0.533. The average molecular weight is 264 g/mol. The number of hydrogen-bond acceptors (Lipinski definition) is 3. The third-order valence-electron chi connectivity index (χ3n) is 3.10. The summed E-state index contributed by atoms with van der Waals surface area (Å²) < 4.78 is 5.31. The van der Waals surface area contributed by atoms with Crippen molar-refractivity contribution in [2.24, 2.45) is 0 Å². The third-order valence-corrected chi connectivity index (χ3v) is 3.10. The fourth-order valence-electron chi connectivity index (χ4n) is 2.16. The van der Waals surface area contributed by atoms with E-state index < -0.39 is 5.54 Å². The van der Waals surface area contributed by atoms with Gasteiger partial charge in [-0.2, -0.15) is 0 Å². The van der Waals surface area contributed by atoms with Crippen molar-refractivity contribution in [1.82, 2.24) is 10.2 Å². The number of nitrogens with one attached hydrogen (secondary N) is 1. The number of hydrogen-bond donors (Lipinski definition) is 1. The summed E-state index contributed by atoms with van der Waals surface area (Å²) in [4.78, 5) is 14.1. The molecule has 1 amide bonds. The second-order valence-electron chi connectivity index (χ2n) is 5.13. The molecular weight excluding hydrogens is 240 g/mol. The van der Waals surface area contributed by atoms with Crippen LogP contribution in [-0.4, -0.2) is 37.0 Å². The molecule has 0 aliphatic rings. The van der Waals surface area contributed by atoms with Gasteiger partial charge in [0.25, 0.3) is 0 Å². The number of rotatable bonds is 6. The number of benzene rings is 1. The Bertz CT molecular complexity index is 430. The highest BCUT2D eigenvalue weighted by Gasteiger charge is 2.29. The summed E-state index contributed by atoms with van der Waals surface area (Å²) in [6, 6.07) is 7.75. The van der Waals surface area contributed by atoms with E-state index in [4.69, 9.17) is 4.74 Å². The van der Waals surface area contributed by atoms with E-state index in [1.54, 1.807) is 12.0 Å². The molecule has 1 aromatic carbocycles. The molecule has 0 saturated carbocycles. The molecule has 0 fully saturated rings. The van der Waals surface area contributed by atoms with Gasteiger partial charge in [-0.15, -0.1) is 0 Å². The molecule has 0 bridgehead atoms. The smallest absolute Gasteiger partial charge is 0.242 e. The van der Waals surface area contributed by atoms with E-state index in [9.17, 15) is 4.79 Å². The van der Waals surface area contributed by atoms with Gasteiger partial charge in [0, 0.05) is 19.2 Å². The number of nitrogens with zero attached hydrogens (tertiary/aromatic N) is 1. The summed E-state index contributed by atoms with van der Waals surface area (Å²) in [6.07, 6.45) is 0. The van der Waals surface area contributed by atoms with Crippen LogP contribution >= 0.6 is 0 Å². The van der Waals surface area contributed by atoms with Crippen LogP contribution in [0.15, 0.2) is 24.3 Å². The first-order chi connectivity index (χ1) is 8.92. The van der Waals surface area contributed by atoms with Gasteiger partial charge in [0.05, 0.1) is 12.6 Å². The first-order valence-electron chi connectivity index (χ1n) is 6.55. The standard InChI is InChI=1S/C15H24N2O2/c1-6-16-15(2,3)14(18)17(4)11-12-9-7-8-10-13(12)19-5/h7-10,16H,6,11H2,1-5H3. The minimum atomic E-state index is -0.550. The van der Waals surface area contributed by atoms with Gasteiger partial charge in [0.2, 0.25) is 5.91 Å². The highest BCUT2D eigenvalue weighted by molar-refractivity contribution is 5.85. The van der Waals surface area contributed by atoms with Crippen LogP contribution in [0.2, 0.25) is 0 Å². The van der Waals surface area contributed by atoms with E-state index >= 15 is 0 Å². The second-order valence-corrected chi connectivity index (χ2v) is 5.13. The van der Waals surface area contributed by atoms with Crippen LogP contribution in [0, 0.1) is 0 Å². The molecule has 4 heteroatoms. The van der Waals surface area contributed by atoms with Crippen molar-refractivity contribution in [2.45, 2.75) is 32.9 Å². The highest BCUT2D eigenvalue weighted by atomic mass is 16.5. The molecule has 0 radical (unpaired) electrons. The molecule has 0 atom stereocenters. The second kappa shape index (κ2) is 6.57. The highest BCUT2D eigenvalue weighted by Crippen LogP contribution is 2.20. The molecule has 0 saturated heterocycles. The molecule has 1 aromatic rings. The van der Waals surface area contributed by atoms with Gasteiger partial charge in [0.15, 0.2) is 0 Å². The molecule has 0 heterocycles. The van der Waals surface area contributed by atoms with Gasteiger partial charge >= 0.3 is 0 Å². The summed E-state index contributed by atoms with van der Waals surface area (Å²) >= 11 is 0. The maximum Gasteiger partial charge on any atom is 0.242 e. The van der Waals surface area contributed by atoms with Crippen LogP contribution in [0.4, 0.5) is 0 Å². The SMILES string of the molecule is CCNC(C)(C)C(=O)N(C)Cc1ccccc1OC. The Morgan fingerprint density at radius 2 is 2.00 bits per heavy atom. The molecule has 106 valence electrons. The van der Waals surface area contributed by atoms with Gasteiger partial charge in [-0.25, -0.2) is 0 Å². The molecule has 0 spiro atoms. The van der Waals surface area contributed by atoms with E-state index in [1.807, 2.05) is 52.1 Å². The molecule has 0 unspecified atom stereocenters. The Morgan fingerprint density at radius 1 is 1.37 bits per heavy atom. The normalized spacial score (nSPS) is 11.2. The van der Waals surface area contributed by atoms with Crippen molar-refractivity contribution in [3.8, 4) is 5.75 Å². The Labute approximate surface area is 115 Å². The molecule has 19 heavy (non-hydrogen) atoms. The number of amides is 1. The van der Waals surface area contributed by atoms with Crippen molar-refractivity contribution in [3.63, 3.8) is 0 Å². The van der Waals surface area contributed by atoms with Gasteiger partial charge < -0.3 is 15.0 Å². The van der Waals surface area contributed by atoms with Gasteiger partial charge in [-0.05, 0) is 26.5 Å². The number of carbonyl (C=O) groups is 1. The first kappa shape index (κ1) is 15.5. The van der Waals surface area contributed by atoms with E-state index in [2.05, 4.69) is 5.32 Å². The van der Waals surface area contributed by atoms with Gasteiger partial charge in [-0.3, -0.25) is 4.79 Å². The average Bonchev–Trinajstić information content (AvgIpc) is 2.38. The van der Waals surface area contributed by atoms with Crippen molar-refractivity contribution < 1.29 is 9.53 Å². The van der Waals surface area contributed by atoms with Crippen LogP contribution in [0.25, 0.3) is 0 Å². The third kappa shape index (κ3) is 3.96. The lowest BCUT2D eigenvalue weighted by Crippen LogP contribution is -2.52. The molecule has 0 aromatic heterocycles. The molecule has 1 N–H and O–H groups in total. The quantitative estimate of drug-likeness (QED) is 0.855. The number of ether oxygens (including phenoxy) is 1. The molecule has 4 nitrogen and oxygen atoms in total. The largest absolute Gasteiger partial charge is 0.496 e. The van der Waals surface area contributed by atoms with Crippen molar-refractivity contribution in [1.29, 1.82) is 0 Å². The summed E-state index contributed by atoms with van der Waals surface area (Å²) in [5.74, 6) is 0.878. The predicted molar refractivity (Wildman–Crippen MR) is 77.2 cm³/mol. The van der Waals surface area contributed by atoms with E-state index in [-0.39, 0.29) is 5.91 Å². The summed E-state index contributed by atoms with van der Waals surface area (Å²) in [6.45, 7) is 7.10. The maximum atomic E-state index is 12.4. The number of methoxy groups -OCH3 is 1. The molecule has 0 aliphatic carbocycles. The zero-order chi connectivity index (χ0) is 14.5. The van der Waals surface area contributed by atoms with E-state index in [0.29, 0.717) is 6.54 Å². The van der Waals surface area contributed by atoms with Crippen LogP contribution in [0.5, 0.6) is 5.75 Å². The Hall–Kier alpha value is -1.55. The summed E-state index contributed by atoms with van der Waals surface area (Å²) in [5, 5.41) is 3.19. The van der Waals surface area contributed by atoms with Crippen LogP contribution in [0.1, 0.15) is 26.3 Å². The predicted octanol–water partition coefficient (Wildman–Crippen LogP) is 2.04. The lowest BCUT2D eigenvalue weighted by atomic mass is 10.0. The number of likely N-dealkylation sites (N-methyl/N-ethyl adjacent to an activating group) is 2. The number of para-hydroxylation sites is 1. The van der Waals surface area contributed by atoms with E-state index in [1.165, 1.54) is 0 Å². The lowest BCUT2D eigenvalue weighted by molar-refractivity contribution is -0.136. The van der Waals surface area contributed by atoms with Gasteiger partial charge in [-0.1, -0.05) is 25.1 Å². The zero-order valence-electron chi connectivity index (χ0n) is 12.5. The van der Waals surface area contributed by atoms with Crippen LogP contribution in [0.3, 0.4) is 0 Å². The molecule has 0 aliphatic heterocycles. The fourth-order valence-corrected chi connectivity index (χ4v) is 2.16. The Morgan fingerprint density at radius 3 is 2.58 bits per heavy atom. The van der Waals surface area contributed by atoms with Gasteiger partial charge in [0.1, 0.15) is 5.75 Å². The summed E-state index contributed by atoms with van der Waals surface area (Å²) in [5.41, 5.74) is 0.457. The maximum absolute atomic E-state index is 12.4. The minimum Gasteiger partial charge on any atom is -0.496 e. The summed E-state index contributed by atoms with van der Waals surface area (Å²) in [7, 11) is 3.46. The Balaban J connectivity index is 2.79. The lowest BCUT2D eigenvalue weighted by Gasteiger charge is -2.30. The topological polar surface area (TPSA) is 41.6 Å². The van der Waals surface area contributed by atoms with Crippen molar-refractivity contribution >= 4 is 5.91 Å². The van der Waals surface area contributed by atoms with Crippen LogP contribution < -0.4 is 10.1 Å². The monoisotopic (exact) mass is 264 g/mol. The number of carbonyl (C=O) groups excluding carboxylic acids is 1.